The minimum atomic E-state index is -2.95. The highest BCUT2D eigenvalue weighted by Crippen LogP contribution is 2.33. The maximum atomic E-state index is 13.8. The molecule has 0 unspecified atom stereocenters. The number of nitrogens with one attached hydrogen (secondary N) is 1. The first kappa shape index (κ1) is 22.3. The molecule has 4 aromatic rings. The Labute approximate surface area is 185 Å². The van der Waals surface area contributed by atoms with Gasteiger partial charge in [-0.15, -0.1) is 0 Å². The summed E-state index contributed by atoms with van der Waals surface area (Å²) in [6, 6.07) is 15.6. The number of hydrogen-bond donors (Lipinski definition) is 1. The second-order valence-electron chi connectivity index (χ2n) is 7.16. The van der Waals surface area contributed by atoms with Crippen LogP contribution >= 0.6 is 0 Å². The smallest absolute Gasteiger partial charge is 0.387 e. The Balaban J connectivity index is 1.63. The number of carbonyl (C=O) groups excluding carboxylic acids is 1. The van der Waals surface area contributed by atoms with Gasteiger partial charge < -0.3 is 10.1 Å². The SMILES string of the molecule is Cc1nn(CC(=O)Nc2ccc(OC(F)F)cc2)c2nc(-c3ccccc3)cc(C(F)F)c12. The van der Waals surface area contributed by atoms with Crippen molar-refractivity contribution in [3.8, 4) is 17.0 Å². The summed E-state index contributed by atoms with van der Waals surface area (Å²) >= 11 is 0. The Hall–Kier alpha value is -3.95. The maximum absolute atomic E-state index is 13.8. The molecule has 4 rings (SSSR count). The van der Waals surface area contributed by atoms with E-state index in [1.807, 2.05) is 0 Å². The van der Waals surface area contributed by atoms with E-state index in [0.29, 0.717) is 22.6 Å². The normalized spacial score (nSPS) is 11.4. The first-order valence-corrected chi connectivity index (χ1v) is 9.88. The third-order valence-corrected chi connectivity index (χ3v) is 4.87. The largest absolute Gasteiger partial charge is 0.435 e. The molecule has 0 spiro atoms. The fourth-order valence-corrected chi connectivity index (χ4v) is 3.48. The van der Waals surface area contributed by atoms with Gasteiger partial charge in [0.2, 0.25) is 5.91 Å². The first-order chi connectivity index (χ1) is 15.8. The van der Waals surface area contributed by atoms with Crippen molar-refractivity contribution < 1.29 is 27.1 Å². The number of halogens is 4. The number of rotatable bonds is 7. The Bertz CT molecular complexity index is 1280. The third kappa shape index (κ3) is 4.94. The molecule has 2 heterocycles. The number of fused-ring (bicyclic) bond motifs is 1. The van der Waals surface area contributed by atoms with Crippen molar-refractivity contribution in [3.05, 3.63) is 71.9 Å². The molecular formula is C23H18F4N4O2. The van der Waals surface area contributed by atoms with Gasteiger partial charge in [0.15, 0.2) is 5.65 Å². The van der Waals surface area contributed by atoms with Crippen LogP contribution in [0, 0.1) is 6.92 Å². The lowest BCUT2D eigenvalue weighted by Gasteiger charge is -2.10. The van der Waals surface area contributed by atoms with E-state index in [2.05, 4.69) is 20.1 Å². The summed E-state index contributed by atoms with van der Waals surface area (Å²) in [4.78, 5) is 17.1. The quantitative estimate of drug-likeness (QED) is 0.367. The summed E-state index contributed by atoms with van der Waals surface area (Å²) < 4.78 is 57.8. The standard InChI is InChI=1S/C23H18F4N4O2/c1-13-20-17(21(24)25)11-18(14-5-3-2-4-6-14)29-22(20)31(30-13)12-19(32)28-15-7-9-16(10-8-15)33-23(26)27/h2-11,21,23H,12H2,1H3,(H,28,32). The number of benzene rings is 2. The van der Waals surface area contributed by atoms with E-state index in [1.165, 1.54) is 35.0 Å². The number of aromatic nitrogens is 3. The van der Waals surface area contributed by atoms with Gasteiger partial charge in [-0.25, -0.2) is 18.4 Å². The molecule has 0 saturated heterocycles. The molecule has 6 nitrogen and oxygen atoms in total. The van der Waals surface area contributed by atoms with Gasteiger partial charge in [0.05, 0.1) is 16.8 Å². The van der Waals surface area contributed by atoms with Crippen LogP contribution in [0.15, 0.2) is 60.7 Å². The lowest BCUT2D eigenvalue weighted by atomic mass is 10.1. The van der Waals surface area contributed by atoms with E-state index in [1.54, 1.807) is 37.3 Å². The average Bonchev–Trinajstić information content (AvgIpc) is 3.09. The van der Waals surface area contributed by atoms with Crippen LogP contribution < -0.4 is 10.1 Å². The number of anilines is 1. The van der Waals surface area contributed by atoms with Crippen LogP contribution in [0.4, 0.5) is 23.2 Å². The molecule has 170 valence electrons. The van der Waals surface area contributed by atoms with Crippen LogP contribution in [0.2, 0.25) is 0 Å². The molecule has 1 amide bonds. The van der Waals surface area contributed by atoms with Gasteiger partial charge in [-0.2, -0.15) is 13.9 Å². The molecule has 2 aromatic heterocycles. The van der Waals surface area contributed by atoms with Crippen molar-refractivity contribution in [1.82, 2.24) is 14.8 Å². The van der Waals surface area contributed by atoms with Crippen LogP contribution in [0.1, 0.15) is 17.7 Å². The van der Waals surface area contributed by atoms with Crippen molar-refractivity contribution in [2.24, 2.45) is 0 Å². The summed E-state index contributed by atoms with van der Waals surface area (Å²) in [5.41, 5.74) is 1.63. The zero-order chi connectivity index (χ0) is 23.5. The van der Waals surface area contributed by atoms with Gasteiger partial charge in [0.25, 0.3) is 6.43 Å². The Morgan fingerprint density at radius 3 is 2.39 bits per heavy atom. The zero-order valence-electron chi connectivity index (χ0n) is 17.3. The molecule has 1 N–H and O–H groups in total. The molecule has 33 heavy (non-hydrogen) atoms. The number of alkyl halides is 4. The van der Waals surface area contributed by atoms with Crippen LogP contribution in [-0.2, 0) is 11.3 Å². The minimum Gasteiger partial charge on any atom is -0.435 e. The number of nitrogens with zero attached hydrogens (tertiary/aromatic N) is 3. The monoisotopic (exact) mass is 458 g/mol. The molecule has 0 aliphatic rings. The van der Waals surface area contributed by atoms with E-state index < -0.39 is 18.9 Å². The van der Waals surface area contributed by atoms with Gasteiger partial charge in [0, 0.05) is 16.8 Å². The number of ether oxygens (including phenoxy) is 1. The van der Waals surface area contributed by atoms with E-state index in [-0.39, 0.29) is 28.9 Å². The van der Waals surface area contributed by atoms with Crippen LogP contribution in [0.5, 0.6) is 5.75 Å². The topological polar surface area (TPSA) is 69.0 Å². The van der Waals surface area contributed by atoms with Gasteiger partial charge >= 0.3 is 6.61 Å². The molecule has 10 heteroatoms. The van der Waals surface area contributed by atoms with Crippen molar-refractivity contribution >= 4 is 22.6 Å². The van der Waals surface area contributed by atoms with E-state index in [9.17, 15) is 22.4 Å². The molecule has 0 bridgehead atoms. The number of aryl methyl sites for hydroxylation is 1. The number of carbonyl (C=O) groups is 1. The molecule has 0 fully saturated rings. The Morgan fingerprint density at radius 1 is 1.06 bits per heavy atom. The van der Waals surface area contributed by atoms with Gasteiger partial charge in [-0.3, -0.25) is 4.79 Å². The molecule has 0 radical (unpaired) electrons. The van der Waals surface area contributed by atoms with Gasteiger partial charge in [-0.1, -0.05) is 30.3 Å². The molecule has 2 aromatic carbocycles. The third-order valence-electron chi connectivity index (χ3n) is 4.87. The predicted octanol–water partition coefficient (Wildman–Crippen LogP) is 5.58. The highest BCUT2D eigenvalue weighted by atomic mass is 19.3. The van der Waals surface area contributed by atoms with Crippen LogP contribution in [0.3, 0.4) is 0 Å². The van der Waals surface area contributed by atoms with E-state index >= 15 is 0 Å². The van der Waals surface area contributed by atoms with Gasteiger partial charge in [0.1, 0.15) is 12.3 Å². The van der Waals surface area contributed by atoms with E-state index in [4.69, 9.17) is 0 Å². The lowest BCUT2D eigenvalue weighted by Crippen LogP contribution is -2.20. The number of pyridine rings is 1. The van der Waals surface area contributed by atoms with Crippen molar-refractivity contribution in [1.29, 1.82) is 0 Å². The zero-order valence-corrected chi connectivity index (χ0v) is 17.3. The van der Waals surface area contributed by atoms with Crippen LogP contribution in [-0.4, -0.2) is 27.3 Å². The summed E-state index contributed by atoms with van der Waals surface area (Å²) in [5, 5.41) is 7.06. The predicted molar refractivity (Wildman–Crippen MR) is 114 cm³/mol. The van der Waals surface area contributed by atoms with Gasteiger partial charge in [-0.05, 0) is 37.3 Å². The average molecular weight is 458 g/mol. The van der Waals surface area contributed by atoms with Crippen molar-refractivity contribution in [2.75, 3.05) is 5.32 Å². The molecule has 0 atom stereocenters. The molecular weight excluding hydrogens is 440 g/mol. The maximum Gasteiger partial charge on any atom is 0.387 e. The van der Waals surface area contributed by atoms with E-state index in [0.717, 1.165) is 0 Å². The minimum absolute atomic E-state index is 0.0473. The fraction of sp³-hybridized carbons (Fsp3) is 0.174. The molecule has 0 saturated carbocycles. The van der Waals surface area contributed by atoms with Crippen molar-refractivity contribution in [2.45, 2.75) is 26.5 Å². The summed E-state index contributed by atoms with van der Waals surface area (Å²) in [6.45, 7) is -1.66. The molecule has 0 aliphatic heterocycles. The number of amides is 1. The van der Waals surface area contributed by atoms with Crippen LogP contribution in [0.25, 0.3) is 22.3 Å². The second-order valence-corrected chi connectivity index (χ2v) is 7.16. The van der Waals surface area contributed by atoms with Crippen molar-refractivity contribution in [3.63, 3.8) is 0 Å². The summed E-state index contributed by atoms with van der Waals surface area (Å²) in [5.74, 6) is -0.540. The Kier molecular flexibility index (Phi) is 6.25. The Morgan fingerprint density at radius 2 is 1.76 bits per heavy atom. The second kappa shape index (κ2) is 9.27. The first-order valence-electron chi connectivity index (χ1n) is 9.88. The summed E-state index contributed by atoms with van der Waals surface area (Å²) in [6.07, 6.45) is -2.75. The highest BCUT2D eigenvalue weighted by molar-refractivity contribution is 5.92. The summed E-state index contributed by atoms with van der Waals surface area (Å²) in [7, 11) is 0. The highest BCUT2D eigenvalue weighted by Gasteiger charge is 2.22. The number of hydrogen-bond acceptors (Lipinski definition) is 4. The lowest BCUT2D eigenvalue weighted by molar-refractivity contribution is -0.116. The fourth-order valence-electron chi connectivity index (χ4n) is 3.48. The molecule has 0 aliphatic carbocycles.